The maximum atomic E-state index is 11.5. The first-order valence-corrected chi connectivity index (χ1v) is 6.18. The molecule has 6 nitrogen and oxygen atoms in total. The summed E-state index contributed by atoms with van der Waals surface area (Å²) >= 11 is 0. The average molecular weight is 257 g/mol. The van der Waals surface area contributed by atoms with E-state index in [2.05, 4.69) is 6.58 Å². The Balaban J connectivity index is 2.94. The molecular weight excluding hydrogens is 246 g/mol. The zero-order valence-corrected chi connectivity index (χ0v) is 9.57. The Morgan fingerprint density at radius 2 is 1.82 bits per heavy atom. The average Bonchev–Trinajstić information content (AvgIpc) is 2.14. The molecule has 0 unspecified atom stereocenters. The topological polar surface area (TPSA) is 104 Å². The van der Waals surface area contributed by atoms with Crippen LogP contribution in [0.3, 0.4) is 0 Å². The number of carbonyl (C=O) groups excluding carboxylic acids is 1. The van der Waals surface area contributed by atoms with Gasteiger partial charge in [0.15, 0.2) is 0 Å². The highest BCUT2D eigenvalue weighted by atomic mass is 32.2. The molecule has 0 bridgehead atoms. The van der Waals surface area contributed by atoms with Crippen molar-refractivity contribution < 1.29 is 23.4 Å². The number of sulfonamides is 1. The third-order valence-corrected chi connectivity index (χ3v) is 2.92. The lowest BCUT2D eigenvalue weighted by atomic mass is 10.2. The number of benzene rings is 1. The molecule has 0 radical (unpaired) electrons. The lowest BCUT2D eigenvalue weighted by molar-refractivity contribution is 0.0980. The van der Waals surface area contributed by atoms with Crippen molar-refractivity contribution in [1.29, 1.82) is 0 Å². The van der Waals surface area contributed by atoms with E-state index in [-0.39, 0.29) is 17.1 Å². The Labute approximate surface area is 98.3 Å². The Bertz CT molecular complexity index is 530. The van der Waals surface area contributed by atoms with Crippen molar-refractivity contribution in [3.8, 4) is 11.5 Å². The van der Waals surface area contributed by atoms with Crippen molar-refractivity contribution in [2.75, 3.05) is 5.75 Å². The second-order valence-electron chi connectivity index (χ2n) is 3.24. The third-order valence-electron chi connectivity index (χ3n) is 1.75. The van der Waals surface area contributed by atoms with E-state index >= 15 is 0 Å². The van der Waals surface area contributed by atoms with Crippen LogP contribution in [0.4, 0.5) is 0 Å². The molecule has 3 N–H and O–H groups in total. The van der Waals surface area contributed by atoms with Gasteiger partial charge in [-0.25, -0.2) is 13.1 Å². The molecule has 0 aromatic heterocycles. The number of rotatable bonds is 4. The molecule has 0 aliphatic carbocycles. The summed E-state index contributed by atoms with van der Waals surface area (Å²) in [4.78, 5) is 11.5. The minimum Gasteiger partial charge on any atom is -0.508 e. The monoisotopic (exact) mass is 257 g/mol. The van der Waals surface area contributed by atoms with Crippen LogP contribution in [-0.2, 0) is 10.0 Å². The molecule has 0 atom stereocenters. The number of hydrogen-bond acceptors (Lipinski definition) is 5. The molecule has 0 spiro atoms. The minimum atomic E-state index is -3.79. The van der Waals surface area contributed by atoms with Crippen molar-refractivity contribution >= 4 is 15.9 Å². The number of phenols is 2. The minimum absolute atomic E-state index is 0.157. The summed E-state index contributed by atoms with van der Waals surface area (Å²) < 4.78 is 24.3. The smallest absolute Gasteiger partial charge is 0.265 e. The van der Waals surface area contributed by atoms with Crippen LogP contribution in [0.1, 0.15) is 10.4 Å². The predicted octanol–water partition coefficient (Wildman–Crippen LogP) is 0.343. The zero-order chi connectivity index (χ0) is 13.1. The van der Waals surface area contributed by atoms with Gasteiger partial charge >= 0.3 is 0 Å². The van der Waals surface area contributed by atoms with Crippen LogP contribution in [-0.4, -0.2) is 30.3 Å². The van der Waals surface area contributed by atoms with Gasteiger partial charge in [0, 0.05) is 11.6 Å². The lowest BCUT2D eigenvalue weighted by Gasteiger charge is -2.05. The molecule has 0 fully saturated rings. The molecule has 0 heterocycles. The normalized spacial score (nSPS) is 10.8. The van der Waals surface area contributed by atoms with Crippen molar-refractivity contribution in [3.05, 3.63) is 36.4 Å². The number of hydrogen-bond donors (Lipinski definition) is 3. The molecule has 17 heavy (non-hydrogen) atoms. The van der Waals surface area contributed by atoms with Gasteiger partial charge in [-0.05, 0) is 12.1 Å². The highest BCUT2D eigenvalue weighted by Gasteiger charge is 2.15. The molecule has 0 saturated heterocycles. The van der Waals surface area contributed by atoms with E-state index in [1.54, 1.807) is 4.72 Å². The van der Waals surface area contributed by atoms with E-state index in [9.17, 15) is 13.2 Å². The fourth-order valence-corrected chi connectivity index (χ4v) is 1.92. The Morgan fingerprint density at radius 1 is 1.29 bits per heavy atom. The van der Waals surface area contributed by atoms with Crippen LogP contribution < -0.4 is 4.72 Å². The van der Waals surface area contributed by atoms with E-state index in [4.69, 9.17) is 10.2 Å². The summed E-state index contributed by atoms with van der Waals surface area (Å²) in [7, 11) is -3.79. The van der Waals surface area contributed by atoms with Gasteiger partial charge in [0.1, 0.15) is 11.5 Å². The molecule has 1 amide bonds. The van der Waals surface area contributed by atoms with E-state index < -0.39 is 21.7 Å². The van der Waals surface area contributed by atoms with Gasteiger partial charge in [0.2, 0.25) is 10.0 Å². The molecule has 1 aromatic rings. The summed E-state index contributed by atoms with van der Waals surface area (Å²) in [5.74, 6) is -2.01. The quantitative estimate of drug-likeness (QED) is 0.675. The molecule has 7 heteroatoms. The first-order valence-electron chi connectivity index (χ1n) is 4.53. The lowest BCUT2D eigenvalue weighted by Crippen LogP contribution is -2.31. The predicted molar refractivity (Wildman–Crippen MR) is 61.2 cm³/mol. The zero-order valence-electron chi connectivity index (χ0n) is 8.75. The van der Waals surface area contributed by atoms with Gasteiger partial charge in [0.25, 0.3) is 5.91 Å². The molecule has 0 aliphatic rings. The molecule has 92 valence electrons. The standard InChI is InChI=1S/C10H11NO5S/c1-2-3-17(15,16)11-10(14)7-4-8(12)6-9(13)5-7/h2,4-6,12-13H,1,3H2,(H,11,14). The summed E-state index contributed by atoms with van der Waals surface area (Å²) in [5.41, 5.74) is -0.157. The maximum Gasteiger partial charge on any atom is 0.265 e. The molecule has 1 rings (SSSR count). The summed E-state index contributed by atoms with van der Waals surface area (Å²) in [6.45, 7) is 3.24. The molecular formula is C10H11NO5S. The van der Waals surface area contributed by atoms with Crippen LogP contribution in [0.2, 0.25) is 0 Å². The summed E-state index contributed by atoms with van der Waals surface area (Å²) in [6.07, 6.45) is 1.13. The van der Waals surface area contributed by atoms with E-state index in [1.165, 1.54) is 0 Å². The Kier molecular flexibility index (Phi) is 3.74. The van der Waals surface area contributed by atoms with Crippen molar-refractivity contribution in [3.63, 3.8) is 0 Å². The van der Waals surface area contributed by atoms with Crippen molar-refractivity contribution in [2.24, 2.45) is 0 Å². The highest BCUT2D eigenvalue weighted by Crippen LogP contribution is 2.20. The number of phenolic OH excluding ortho intramolecular Hbond substituents is 2. The van der Waals surface area contributed by atoms with E-state index in [0.717, 1.165) is 24.3 Å². The Morgan fingerprint density at radius 3 is 2.29 bits per heavy atom. The number of carbonyl (C=O) groups is 1. The highest BCUT2D eigenvalue weighted by molar-refractivity contribution is 7.90. The first-order chi connectivity index (χ1) is 7.84. The molecule has 0 saturated carbocycles. The third kappa shape index (κ3) is 3.80. The SMILES string of the molecule is C=CCS(=O)(=O)NC(=O)c1cc(O)cc(O)c1. The van der Waals surface area contributed by atoms with E-state index in [1.807, 2.05) is 0 Å². The first kappa shape index (κ1) is 13.0. The van der Waals surface area contributed by atoms with Gasteiger partial charge in [0.05, 0.1) is 5.75 Å². The van der Waals surface area contributed by atoms with Gasteiger partial charge in [-0.2, -0.15) is 0 Å². The molecule has 1 aromatic carbocycles. The fourth-order valence-electron chi connectivity index (χ4n) is 1.12. The Hall–Kier alpha value is -2.02. The fraction of sp³-hybridized carbons (Fsp3) is 0.100. The maximum absolute atomic E-state index is 11.5. The van der Waals surface area contributed by atoms with E-state index in [0.29, 0.717) is 0 Å². The van der Waals surface area contributed by atoms with Gasteiger partial charge in [-0.1, -0.05) is 6.08 Å². The van der Waals surface area contributed by atoms with Crippen molar-refractivity contribution in [2.45, 2.75) is 0 Å². The molecule has 0 aliphatic heterocycles. The number of amides is 1. The van der Waals surface area contributed by atoms with Crippen molar-refractivity contribution in [1.82, 2.24) is 4.72 Å². The summed E-state index contributed by atoms with van der Waals surface area (Å²) in [6, 6.07) is 3.10. The van der Waals surface area contributed by atoms with Crippen LogP contribution in [0.5, 0.6) is 11.5 Å². The van der Waals surface area contributed by atoms with Gasteiger partial charge < -0.3 is 10.2 Å². The van der Waals surface area contributed by atoms with Gasteiger partial charge in [-0.15, -0.1) is 6.58 Å². The van der Waals surface area contributed by atoms with Crippen LogP contribution >= 0.6 is 0 Å². The second-order valence-corrected chi connectivity index (χ2v) is 5.01. The van der Waals surface area contributed by atoms with Gasteiger partial charge in [-0.3, -0.25) is 4.79 Å². The van der Waals surface area contributed by atoms with Crippen LogP contribution in [0, 0.1) is 0 Å². The van der Waals surface area contributed by atoms with Crippen LogP contribution in [0.25, 0.3) is 0 Å². The number of nitrogens with one attached hydrogen (secondary N) is 1. The van der Waals surface area contributed by atoms with Crippen LogP contribution in [0.15, 0.2) is 30.9 Å². The number of aromatic hydroxyl groups is 2. The second kappa shape index (κ2) is 4.88. The summed E-state index contributed by atoms with van der Waals surface area (Å²) in [5, 5.41) is 18.3. The largest absolute Gasteiger partial charge is 0.508 e.